The molecule has 3 atom stereocenters. The Bertz CT molecular complexity index is 1030. The topological polar surface area (TPSA) is 60.0 Å². The molecule has 2 heterocycles. The Morgan fingerprint density at radius 3 is 2.53 bits per heavy atom. The van der Waals surface area contributed by atoms with Gasteiger partial charge < -0.3 is 19.5 Å². The van der Waals surface area contributed by atoms with Gasteiger partial charge in [-0.05, 0) is 30.0 Å². The van der Waals surface area contributed by atoms with Gasteiger partial charge in [-0.3, -0.25) is 4.90 Å². The molecule has 1 saturated heterocycles. The first-order valence-electron chi connectivity index (χ1n) is 11.2. The minimum absolute atomic E-state index is 0.208. The van der Waals surface area contributed by atoms with E-state index in [1.54, 1.807) is 14.2 Å². The number of methoxy groups -OCH3 is 3. The van der Waals surface area contributed by atoms with Crippen LogP contribution in [-0.4, -0.2) is 51.1 Å². The summed E-state index contributed by atoms with van der Waals surface area (Å²) in [4.78, 5) is 15.7. The molecule has 5 rings (SSSR count). The Morgan fingerprint density at radius 1 is 1.09 bits per heavy atom. The maximum Gasteiger partial charge on any atom is 0.336 e. The molecule has 1 aliphatic carbocycles. The molecule has 0 saturated carbocycles. The molecule has 6 nitrogen and oxygen atoms in total. The summed E-state index contributed by atoms with van der Waals surface area (Å²) in [6.07, 6.45) is 1.17. The van der Waals surface area contributed by atoms with E-state index in [0.29, 0.717) is 5.57 Å². The predicted octanol–water partition coefficient (Wildman–Crippen LogP) is 3.69. The van der Waals surface area contributed by atoms with Crippen LogP contribution in [0.15, 0.2) is 65.9 Å². The lowest BCUT2D eigenvalue weighted by molar-refractivity contribution is -0.150. The number of para-hydroxylation sites is 1. The monoisotopic (exact) mass is 434 g/mol. The average molecular weight is 435 g/mol. The second kappa shape index (κ2) is 8.35. The van der Waals surface area contributed by atoms with Crippen LogP contribution in [0.5, 0.6) is 0 Å². The van der Waals surface area contributed by atoms with Crippen LogP contribution < -0.4 is 5.32 Å². The first-order valence-corrected chi connectivity index (χ1v) is 11.2. The normalized spacial score (nSPS) is 26.5. The first kappa shape index (κ1) is 21.2. The van der Waals surface area contributed by atoms with Crippen LogP contribution in [0.2, 0.25) is 0 Å². The van der Waals surface area contributed by atoms with E-state index in [0.717, 1.165) is 37.3 Å². The van der Waals surface area contributed by atoms with Gasteiger partial charge in [-0.25, -0.2) is 4.79 Å². The first-order chi connectivity index (χ1) is 15.6. The van der Waals surface area contributed by atoms with E-state index >= 15 is 0 Å². The van der Waals surface area contributed by atoms with Crippen molar-refractivity contribution in [3.8, 4) is 0 Å². The summed E-state index contributed by atoms with van der Waals surface area (Å²) in [5.41, 5.74) is 4.97. The molecule has 6 heteroatoms. The summed E-state index contributed by atoms with van der Waals surface area (Å²) in [6, 6.07) is 19.2. The molecule has 0 bridgehead atoms. The molecular weight excluding hydrogens is 404 g/mol. The summed E-state index contributed by atoms with van der Waals surface area (Å²) in [7, 11) is 4.70. The molecule has 0 aromatic heterocycles. The molecule has 2 aromatic rings. The van der Waals surface area contributed by atoms with Crippen LogP contribution in [0.3, 0.4) is 0 Å². The van der Waals surface area contributed by atoms with Gasteiger partial charge in [0, 0.05) is 50.7 Å². The number of fused-ring (bicyclic) bond motifs is 1. The zero-order valence-electron chi connectivity index (χ0n) is 18.8. The average Bonchev–Trinajstić information content (AvgIpc) is 3.36. The highest BCUT2D eigenvalue weighted by molar-refractivity contribution is 5.93. The van der Waals surface area contributed by atoms with Crippen LogP contribution >= 0.6 is 0 Å². The molecule has 1 spiro atoms. The van der Waals surface area contributed by atoms with Crippen molar-refractivity contribution in [1.29, 1.82) is 0 Å². The molecule has 0 radical (unpaired) electrons. The zero-order chi connectivity index (χ0) is 22.3. The number of hydrogen-bond donors (Lipinski definition) is 1. The van der Waals surface area contributed by atoms with Crippen molar-refractivity contribution in [2.45, 2.75) is 37.1 Å². The lowest BCUT2D eigenvalue weighted by Crippen LogP contribution is -2.51. The summed E-state index contributed by atoms with van der Waals surface area (Å²) < 4.78 is 16.6. The number of hydrogen-bond acceptors (Lipinski definition) is 6. The Morgan fingerprint density at radius 2 is 1.81 bits per heavy atom. The fraction of sp³-hybridized carbons (Fsp3) is 0.423. The molecule has 3 aliphatic rings. The second-order valence-corrected chi connectivity index (χ2v) is 8.83. The van der Waals surface area contributed by atoms with Crippen molar-refractivity contribution >= 4 is 11.7 Å². The SMILES string of the molecule is COC(=O)C1=C2Nc3ccccc3C23CCN(Cc2ccccc2)[C@@H]3C[C@@H]1C(OC)OC. The highest BCUT2D eigenvalue weighted by atomic mass is 16.7. The van der Waals surface area contributed by atoms with E-state index in [1.807, 2.05) is 12.1 Å². The summed E-state index contributed by atoms with van der Waals surface area (Å²) >= 11 is 0. The van der Waals surface area contributed by atoms with Crippen molar-refractivity contribution in [2.24, 2.45) is 5.92 Å². The Hall–Kier alpha value is -2.67. The maximum absolute atomic E-state index is 13.1. The van der Waals surface area contributed by atoms with Crippen molar-refractivity contribution < 1.29 is 19.0 Å². The van der Waals surface area contributed by atoms with Crippen LogP contribution in [0.25, 0.3) is 0 Å². The van der Waals surface area contributed by atoms with Crippen molar-refractivity contribution in [1.82, 2.24) is 4.90 Å². The molecule has 32 heavy (non-hydrogen) atoms. The van der Waals surface area contributed by atoms with E-state index in [1.165, 1.54) is 18.2 Å². The summed E-state index contributed by atoms with van der Waals surface area (Å²) in [5, 5.41) is 3.62. The third-order valence-corrected chi connectivity index (χ3v) is 7.46. The van der Waals surface area contributed by atoms with Gasteiger partial charge in [-0.15, -0.1) is 0 Å². The number of anilines is 1. The smallest absolute Gasteiger partial charge is 0.336 e. The van der Waals surface area contributed by atoms with Gasteiger partial charge in [0.1, 0.15) is 0 Å². The Balaban J connectivity index is 1.66. The largest absolute Gasteiger partial charge is 0.466 e. The van der Waals surface area contributed by atoms with Crippen molar-refractivity contribution in [3.63, 3.8) is 0 Å². The Labute approximate surface area is 189 Å². The predicted molar refractivity (Wildman–Crippen MR) is 122 cm³/mol. The lowest BCUT2D eigenvalue weighted by Gasteiger charge is -2.45. The van der Waals surface area contributed by atoms with Gasteiger partial charge >= 0.3 is 5.97 Å². The van der Waals surface area contributed by atoms with Gasteiger partial charge in [-0.2, -0.15) is 0 Å². The van der Waals surface area contributed by atoms with Gasteiger partial charge in [0.05, 0.1) is 18.1 Å². The number of carbonyl (C=O) groups is 1. The zero-order valence-corrected chi connectivity index (χ0v) is 18.8. The number of likely N-dealkylation sites (tertiary alicyclic amines) is 1. The van der Waals surface area contributed by atoms with Gasteiger partial charge in [-0.1, -0.05) is 48.5 Å². The number of carbonyl (C=O) groups excluding carboxylic acids is 1. The minimum Gasteiger partial charge on any atom is -0.466 e. The fourth-order valence-corrected chi connectivity index (χ4v) is 6.17. The standard InChI is InChI=1S/C26H30N2O4/c1-30-24(29)22-18(25(31-2)32-3)15-21-26(19-11-7-8-12-20(19)27-23(22)26)13-14-28(21)16-17-9-5-4-6-10-17/h4-12,18,21,25,27H,13-16H2,1-3H3/t18-,21+,26?/m0/s1. The number of nitrogens with one attached hydrogen (secondary N) is 1. The highest BCUT2D eigenvalue weighted by Crippen LogP contribution is 2.59. The van der Waals surface area contributed by atoms with Crippen LogP contribution in [-0.2, 0) is 31.0 Å². The highest BCUT2D eigenvalue weighted by Gasteiger charge is 2.60. The minimum atomic E-state index is -0.528. The summed E-state index contributed by atoms with van der Waals surface area (Å²) in [6.45, 7) is 1.82. The number of esters is 1. The summed E-state index contributed by atoms with van der Waals surface area (Å²) in [5.74, 6) is -0.549. The van der Waals surface area contributed by atoms with E-state index in [4.69, 9.17) is 14.2 Å². The fourth-order valence-electron chi connectivity index (χ4n) is 6.17. The van der Waals surface area contributed by atoms with Crippen molar-refractivity contribution in [2.75, 3.05) is 33.2 Å². The third-order valence-electron chi connectivity index (χ3n) is 7.46. The second-order valence-electron chi connectivity index (χ2n) is 8.83. The van der Waals surface area contributed by atoms with Gasteiger partial charge in [0.2, 0.25) is 0 Å². The molecule has 1 N–H and O–H groups in total. The molecule has 2 aromatic carbocycles. The van der Waals surface area contributed by atoms with Crippen LogP contribution in [0.4, 0.5) is 5.69 Å². The van der Waals surface area contributed by atoms with E-state index < -0.39 is 6.29 Å². The number of rotatable bonds is 6. The number of benzene rings is 2. The quantitative estimate of drug-likeness (QED) is 0.553. The Kier molecular flexibility index (Phi) is 5.53. The maximum atomic E-state index is 13.1. The number of nitrogens with zero attached hydrogens (tertiary/aromatic N) is 1. The van der Waals surface area contributed by atoms with Gasteiger partial charge in [0.15, 0.2) is 6.29 Å². The van der Waals surface area contributed by atoms with E-state index in [2.05, 4.69) is 52.7 Å². The van der Waals surface area contributed by atoms with Crippen LogP contribution in [0.1, 0.15) is 24.0 Å². The van der Waals surface area contributed by atoms with Crippen molar-refractivity contribution in [3.05, 3.63) is 77.0 Å². The van der Waals surface area contributed by atoms with Crippen LogP contribution in [0, 0.1) is 5.92 Å². The molecule has 1 fully saturated rings. The third kappa shape index (κ3) is 3.09. The van der Waals surface area contributed by atoms with E-state index in [-0.39, 0.29) is 23.3 Å². The van der Waals surface area contributed by atoms with Gasteiger partial charge in [0.25, 0.3) is 0 Å². The molecule has 2 aliphatic heterocycles. The molecule has 168 valence electrons. The molecule has 1 unspecified atom stereocenters. The molecular formula is C26H30N2O4. The van der Waals surface area contributed by atoms with E-state index in [9.17, 15) is 4.79 Å². The lowest BCUT2D eigenvalue weighted by atomic mass is 9.64. The molecule has 0 amide bonds. The number of ether oxygens (including phenoxy) is 3.